The summed E-state index contributed by atoms with van der Waals surface area (Å²) in [7, 11) is -1.07. The Hall–Kier alpha value is -2.63. The Morgan fingerprint density at radius 3 is 2.50 bits per heavy atom. The molecule has 0 saturated heterocycles. The third kappa shape index (κ3) is 5.00. The van der Waals surface area contributed by atoms with Crippen molar-refractivity contribution in [2.45, 2.75) is 11.4 Å². The molecule has 0 atom stereocenters. The number of aromatic nitrogens is 3. The van der Waals surface area contributed by atoms with Gasteiger partial charge in [-0.25, -0.2) is 13.4 Å². The lowest BCUT2D eigenvalue weighted by atomic mass is 10.3. The van der Waals surface area contributed by atoms with Crippen LogP contribution in [0.25, 0.3) is 0 Å². The Bertz CT molecular complexity index is 1030. The zero-order valence-electron chi connectivity index (χ0n) is 14.8. The second-order valence-corrected chi connectivity index (χ2v) is 8.72. The summed E-state index contributed by atoms with van der Waals surface area (Å²) in [6.07, 6.45) is 1.69. The molecule has 0 amide bonds. The number of nitrogens with zero attached hydrogens (tertiary/aromatic N) is 3. The van der Waals surface area contributed by atoms with E-state index in [1.165, 1.54) is 43.8 Å². The predicted octanol–water partition coefficient (Wildman–Crippen LogP) is 3.02. The molecule has 0 fully saturated rings. The summed E-state index contributed by atoms with van der Waals surface area (Å²) in [5.74, 6) is 0.209. The molecule has 0 spiro atoms. The monoisotopic (exact) mass is 441 g/mol. The third-order valence-electron chi connectivity index (χ3n) is 3.47. The molecule has 9 nitrogen and oxygen atoms in total. The van der Waals surface area contributed by atoms with Gasteiger partial charge in [-0.05, 0) is 24.3 Å². The lowest BCUT2D eigenvalue weighted by Gasteiger charge is -2.10. The maximum atomic E-state index is 12.6. The van der Waals surface area contributed by atoms with Crippen molar-refractivity contribution in [3.05, 3.63) is 45.9 Å². The molecule has 3 rings (SSSR count). The molecule has 0 aliphatic heterocycles. The van der Waals surface area contributed by atoms with Crippen LogP contribution in [0.1, 0.15) is 4.88 Å². The fourth-order valence-electron chi connectivity index (χ4n) is 2.16. The van der Waals surface area contributed by atoms with E-state index in [1.54, 1.807) is 18.3 Å². The molecule has 1 aromatic carbocycles. The van der Waals surface area contributed by atoms with E-state index in [-0.39, 0.29) is 22.6 Å². The highest BCUT2D eigenvalue weighted by Crippen LogP contribution is 2.22. The van der Waals surface area contributed by atoms with E-state index >= 15 is 0 Å². The van der Waals surface area contributed by atoms with Crippen LogP contribution < -0.4 is 19.5 Å². The van der Waals surface area contributed by atoms with Gasteiger partial charge in [0.2, 0.25) is 5.88 Å². The molecule has 0 unspecified atom stereocenters. The minimum Gasteiger partial charge on any atom is -0.481 e. The lowest BCUT2D eigenvalue weighted by molar-refractivity contribution is 0.353. The van der Waals surface area contributed by atoms with Gasteiger partial charge in [-0.15, -0.1) is 11.3 Å². The number of ether oxygens (including phenoxy) is 2. The van der Waals surface area contributed by atoms with Crippen LogP contribution in [0.2, 0.25) is 4.47 Å². The van der Waals surface area contributed by atoms with E-state index in [9.17, 15) is 8.42 Å². The Kier molecular flexibility index (Phi) is 6.17. The number of methoxy groups -OCH3 is 2. The number of anilines is 2. The average Bonchev–Trinajstić information content (AvgIpc) is 3.11. The molecular formula is C16H16ClN5O4S2. The van der Waals surface area contributed by atoms with E-state index in [0.717, 1.165) is 10.6 Å². The van der Waals surface area contributed by atoms with Crippen molar-refractivity contribution in [2.75, 3.05) is 24.3 Å². The number of halogens is 1. The zero-order valence-corrected chi connectivity index (χ0v) is 17.2. The lowest BCUT2D eigenvalue weighted by Crippen LogP contribution is -2.14. The molecule has 2 aromatic heterocycles. The number of hydrogen-bond acceptors (Lipinski definition) is 9. The number of thiazole rings is 1. The van der Waals surface area contributed by atoms with Crippen molar-refractivity contribution in [1.82, 2.24) is 15.0 Å². The summed E-state index contributed by atoms with van der Waals surface area (Å²) in [6.45, 7) is 0.537. The molecule has 0 saturated carbocycles. The first-order valence-corrected chi connectivity index (χ1v) is 10.5. The quantitative estimate of drug-likeness (QED) is 0.548. The minimum atomic E-state index is -3.85. The fourth-order valence-corrected chi connectivity index (χ4v) is 4.06. The maximum absolute atomic E-state index is 12.6. The molecule has 2 N–H and O–H groups in total. The third-order valence-corrected chi connectivity index (χ3v) is 5.95. The Morgan fingerprint density at radius 1 is 1.14 bits per heavy atom. The first-order chi connectivity index (χ1) is 13.4. The molecule has 0 radical (unpaired) electrons. The van der Waals surface area contributed by atoms with Crippen LogP contribution in [0, 0.1) is 0 Å². The van der Waals surface area contributed by atoms with Crippen molar-refractivity contribution in [1.29, 1.82) is 0 Å². The predicted molar refractivity (Wildman–Crippen MR) is 107 cm³/mol. The molecular weight excluding hydrogens is 426 g/mol. The van der Waals surface area contributed by atoms with Gasteiger partial charge in [-0.3, -0.25) is 4.72 Å². The summed E-state index contributed by atoms with van der Waals surface area (Å²) < 4.78 is 38.0. The number of rotatable bonds is 8. The zero-order chi connectivity index (χ0) is 20.1. The normalized spacial score (nSPS) is 11.1. The largest absolute Gasteiger partial charge is 0.481 e. The van der Waals surface area contributed by atoms with Crippen LogP contribution in [0.4, 0.5) is 11.5 Å². The fraction of sp³-hybridized carbons (Fsp3) is 0.188. The van der Waals surface area contributed by atoms with Gasteiger partial charge in [0, 0.05) is 22.8 Å². The highest BCUT2D eigenvalue weighted by atomic mass is 35.5. The molecule has 2 heterocycles. The van der Waals surface area contributed by atoms with Gasteiger partial charge in [0.25, 0.3) is 10.0 Å². The highest BCUT2D eigenvalue weighted by Gasteiger charge is 2.17. The van der Waals surface area contributed by atoms with Gasteiger partial charge >= 0.3 is 6.01 Å². The van der Waals surface area contributed by atoms with Crippen LogP contribution in [-0.2, 0) is 16.6 Å². The number of nitrogens with one attached hydrogen (secondary N) is 2. The number of sulfonamides is 1. The van der Waals surface area contributed by atoms with E-state index in [2.05, 4.69) is 25.0 Å². The molecule has 0 bridgehead atoms. The minimum absolute atomic E-state index is 0.0141. The smallest absolute Gasteiger partial charge is 0.321 e. The van der Waals surface area contributed by atoms with E-state index < -0.39 is 10.0 Å². The van der Waals surface area contributed by atoms with Crippen LogP contribution in [0.3, 0.4) is 0 Å². The van der Waals surface area contributed by atoms with Gasteiger partial charge in [-0.1, -0.05) is 11.6 Å². The molecule has 12 heteroatoms. The average molecular weight is 442 g/mol. The Balaban J connectivity index is 1.71. The van der Waals surface area contributed by atoms with Gasteiger partial charge in [0.15, 0.2) is 10.3 Å². The van der Waals surface area contributed by atoms with Crippen LogP contribution in [0.15, 0.2) is 41.4 Å². The summed E-state index contributed by atoms with van der Waals surface area (Å²) in [6, 6.07) is 7.65. The van der Waals surface area contributed by atoms with E-state index in [1.807, 2.05) is 0 Å². The van der Waals surface area contributed by atoms with Crippen LogP contribution >= 0.6 is 22.9 Å². The van der Waals surface area contributed by atoms with Crippen molar-refractivity contribution in [3.8, 4) is 11.9 Å². The first kappa shape index (κ1) is 20.1. The van der Waals surface area contributed by atoms with Gasteiger partial charge < -0.3 is 14.8 Å². The highest BCUT2D eigenvalue weighted by molar-refractivity contribution is 7.92. The summed E-state index contributed by atoms with van der Waals surface area (Å²) in [5, 5.41) is 3.18. The van der Waals surface area contributed by atoms with E-state index in [4.69, 9.17) is 21.1 Å². The van der Waals surface area contributed by atoms with Crippen molar-refractivity contribution in [3.63, 3.8) is 0 Å². The maximum Gasteiger partial charge on any atom is 0.321 e. The molecule has 0 aliphatic carbocycles. The summed E-state index contributed by atoms with van der Waals surface area (Å²) in [4.78, 5) is 12.9. The summed E-state index contributed by atoms with van der Waals surface area (Å²) >= 11 is 7.17. The second kappa shape index (κ2) is 8.59. The van der Waals surface area contributed by atoms with Gasteiger partial charge in [-0.2, -0.15) is 9.97 Å². The SMILES string of the molecule is COc1cc(NS(=O)(=O)c2ccc(NCc3cnc(Cl)s3)cc2)nc(OC)n1. The standard InChI is InChI=1S/C16H16ClN5O4S2/c1-25-14-7-13(20-16(21-14)26-2)22-28(23,24)12-5-3-10(4-6-12)18-8-11-9-19-15(17)27-11/h3-7,9,18H,8H2,1-2H3,(H,20,21,22). The van der Waals surface area contributed by atoms with Crippen molar-refractivity contribution in [2.24, 2.45) is 0 Å². The molecule has 28 heavy (non-hydrogen) atoms. The molecule has 0 aliphatic rings. The van der Waals surface area contributed by atoms with Gasteiger partial charge in [0.1, 0.15) is 0 Å². The Labute approximate surface area is 170 Å². The van der Waals surface area contributed by atoms with Crippen molar-refractivity contribution >= 4 is 44.5 Å². The van der Waals surface area contributed by atoms with Gasteiger partial charge in [0.05, 0.1) is 25.7 Å². The topological polar surface area (TPSA) is 115 Å². The number of benzene rings is 1. The van der Waals surface area contributed by atoms with Crippen LogP contribution in [0.5, 0.6) is 11.9 Å². The Morgan fingerprint density at radius 2 is 1.89 bits per heavy atom. The van der Waals surface area contributed by atoms with Crippen molar-refractivity contribution < 1.29 is 17.9 Å². The molecule has 3 aromatic rings. The van der Waals surface area contributed by atoms with Crippen LogP contribution in [-0.4, -0.2) is 37.6 Å². The first-order valence-electron chi connectivity index (χ1n) is 7.83. The second-order valence-electron chi connectivity index (χ2n) is 5.35. The molecule has 148 valence electrons. The summed E-state index contributed by atoms with van der Waals surface area (Å²) in [5.41, 5.74) is 0.758. The van der Waals surface area contributed by atoms with E-state index in [0.29, 0.717) is 11.0 Å². The number of hydrogen-bond donors (Lipinski definition) is 2.